The number of carbonyl (C=O) groups excluding carboxylic acids is 2. The molecule has 25 heavy (non-hydrogen) atoms. The van der Waals surface area contributed by atoms with Crippen molar-refractivity contribution in [2.45, 2.75) is 20.8 Å². The third-order valence-electron chi connectivity index (χ3n) is 3.55. The van der Waals surface area contributed by atoms with Gasteiger partial charge in [0.25, 0.3) is 5.91 Å². The van der Waals surface area contributed by atoms with Gasteiger partial charge in [0.15, 0.2) is 0 Å². The van der Waals surface area contributed by atoms with Gasteiger partial charge in [-0.1, -0.05) is 0 Å². The van der Waals surface area contributed by atoms with Crippen LogP contribution in [0.2, 0.25) is 0 Å². The van der Waals surface area contributed by atoms with Crippen molar-refractivity contribution in [2.75, 3.05) is 11.9 Å². The number of imidazole rings is 1. The maximum Gasteiger partial charge on any atom is 0.341 e. The molecule has 0 radical (unpaired) electrons. The molecular formula is C17H16BrN3O3S. The lowest BCUT2D eigenvalue weighted by Gasteiger charge is -2.07. The average molecular weight is 422 g/mol. The summed E-state index contributed by atoms with van der Waals surface area (Å²) in [4.78, 5) is 30.2. The van der Waals surface area contributed by atoms with Crippen LogP contribution in [0.25, 0.3) is 5.65 Å². The monoisotopic (exact) mass is 421 g/mol. The molecule has 0 unspecified atom stereocenters. The first kappa shape index (κ1) is 17.6. The number of anilines is 1. The van der Waals surface area contributed by atoms with E-state index in [9.17, 15) is 9.59 Å². The van der Waals surface area contributed by atoms with Crippen LogP contribution < -0.4 is 5.32 Å². The highest BCUT2D eigenvalue weighted by atomic mass is 79.9. The summed E-state index contributed by atoms with van der Waals surface area (Å²) in [5.74, 6) is -0.768. The van der Waals surface area contributed by atoms with Crippen molar-refractivity contribution in [1.82, 2.24) is 9.38 Å². The Morgan fingerprint density at radius 1 is 1.36 bits per heavy atom. The summed E-state index contributed by atoms with van der Waals surface area (Å²) in [6, 6.07) is 5.41. The van der Waals surface area contributed by atoms with Crippen molar-refractivity contribution in [1.29, 1.82) is 0 Å². The molecule has 6 nitrogen and oxygen atoms in total. The van der Waals surface area contributed by atoms with Gasteiger partial charge < -0.3 is 10.1 Å². The normalized spacial score (nSPS) is 10.9. The standard InChI is InChI=1S/C17H16BrN3O3S/c1-4-24-17(23)12-7-9(2)25-16(12)20-15(22)14-10(3)19-13-6-5-11(18)8-21(13)14/h5-8H,4H2,1-3H3,(H,20,22). The first-order chi connectivity index (χ1) is 11.9. The fourth-order valence-electron chi connectivity index (χ4n) is 2.54. The highest BCUT2D eigenvalue weighted by molar-refractivity contribution is 9.10. The predicted octanol–water partition coefficient (Wildman–Crippen LogP) is 4.20. The number of nitrogens with zero attached hydrogens (tertiary/aromatic N) is 2. The van der Waals surface area contributed by atoms with E-state index in [-0.39, 0.29) is 12.5 Å². The van der Waals surface area contributed by atoms with Crippen molar-refractivity contribution >= 4 is 49.8 Å². The van der Waals surface area contributed by atoms with Gasteiger partial charge in [-0.05, 0) is 54.9 Å². The second-order valence-electron chi connectivity index (χ2n) is 5.40. The minimum Gasteiger partial charge on any atom is -0.462 e. The number of pyridine rings is 1. The first-order valence-corrected chi connectivity index (χ1v) is 9.24. The number of nitrogens with one attached hydrogen (secondary N) is 1. The smallest absolute Gasteiger partial charge is 0.341 e. The van der Waals surface area contributed by atoms with Gasteiger partial charge in [-0.2, -0.15) is 0 Å². The summed E-state index contributed by atoms with van der Waals surface area (Å²) < 4.78 is 7.62. The molecule has 0 aliphatic heterocycles. The van der Waals surface area contributed by atoms with Crippen LogP contribution in [-0.2, 0) is 4.74 Å². The molecule has 8 heteroatoms. The Kier molecular flexibility index (Phi) is 4.91. The number of aromatic nitrogens is 2. The first-order valence-electron chi connectivity index (χ1n) is 7.63. The van der Waals surface area contributed by atoms with Crippen LogP contribution in [0.4, 0.5) is 5.00 Å². The van der Waals surface area contributed by atoms with Crippen molar-refractivity contribution in [3.8, 4) is 0 Å². The van der Waals surface area contributed by atoms with Crippen molar-refractivity contribution in [2.24, 2.45) is 0 Å². The summed E-state index contributed by atoms with van der Waals surface area (Å²) in [5, 5.41) is 3.31. The highest BCUT2D eigenvalue weighted by Crippen LogP contribution is 2.29. The van der Waals surface area contributed by atoms with Crippen LogP contribution in [-0.4, -0.2) is 27.9 Å². The van der Waals surface area contributed by atoms with Crippen molar-refractivity contribution in [3.05, 3.63) is 50.7 Å². The molecule has 0 aliphatic rings. The lowest BCUT2D eigenvalue weighted by Crippen LogP contribution is -2.17. The van der Waals surface area contributed by atoms with E-state index in [1.54, 1.807) is 30.5 Å². The van der Waals surface area contributed by atoms with Crippen LogP contribution in [0.3, 0.4) is 0 Å². The topological polar surface area (TPSA) is 72.7 Å². The van der Waals surface area contributed by atoms with Crippen LogP contribution in [0.5, 0.6) is 0 Å². The lowest BCUT2D eigenvalue weighted by molar-refractivity contribution is 0.0528. The number of halogens is 1. The average Bonchev–Trinajstić information content (AvgIpc) is 3.06. The Bertz CT molecular complexity index is 977. The van der Waals surface area contributed by atoms with Crippen LogP contribution in [0, 0.1) is 13.8 Å². The van der Waals surface area contributed by atoms with Gasteiger partial charge in [-0.25, -0.2) is 9.78 Å². The zero-order valence-corrected chi connectivity index (χ0v) is 16.3. The molecule has 0 saturated carbocycles. The molecule has 0 spiro atoms. The second kappa shape index (κ2) is 6.97. The fraction of sp³-hybridized carbons (Fsp3) is 0.235. The van der Waals surface area contributed by atoms with Gasteiger partial charge >= 0.3 is 5.97 Å². The molecule has 3 aromatic rings. The third-order valence-corrected chi connectivity index (χ3v) is 4.98. The fourth-order valence-corrected chi connectivity index (χ4v) is 3.77. The van der Waals surface area contributed by atoms with E-state index >= 15 is 0 Å². The van der Waals surface area contributed by atoms with Gasteiger partial charge in [0.05, 0.1) is 17.9 Å². The third kappa shape index (κ3) is 3.45. The second-order valence-corrected chi connectivity index (χ2v) is 7.57. The van der Waals surface area contributed by atoms with E-state index in [1.165, 1.54) is 11.3 Å². The number of thiophene rings is 1. The number of esters is 1. The molecule has 0 aliphatic carbocycles. The Hall–Kier alpha value is -2.19. The van der Waals surface area contributed by atoms with Crippen LogP contribution in [0.15, 0.2) is 28.9 Å². The number of amides is 1. The van der Waals surface area contributed by atoms with Crippen LogP contribution >= 0.6 is 27.3 Å². The molecule has 0 atom stereocenters. The zero-order valence-electron chi connectivity index (χ0n) is 13.9. The minimum atomic E-state index is -0.445. The Labute approximate surface area is 157 Å². The molecule has 0 saturated heterocycles. The minimum absolute atomic E-state index is 0.279. The molecular weight excluding hydrogens is 406 g/mol. The Balaban J connectivity index is 1.98. The van der Waals surface area contributed by atoms with Gasteiger partial charge in [-0.3, -0.25) is 9.20 Å². The molecule has 3 aromatic heterocycles. The summed E-state index contributed by atoms with van der Waals surface area (Å²) in [6.45, 7) is 5.68. The number of hydrogen-bond donors (Lipinski definition) is 1. The highest BCUT2D eigenvalue weighted by Gasteiger charge is 2.22. The molecule has 1 amide bonds. The predicted molar refractivity (Wildman–Crippen MR) is 101 cm³/mol. The summed E-state index contributed by atoms with van der Waals surface area (Å²) >= 11 is 4.74. The molecule has 3 heterocycles. The van der Waals surface area contributed by atoms with E-state index in [0.717, 1.165) is 9.35 Å². The Morgan fingerprint density at radius 2 is 2.12 bits per heavy atom. The maximum absolute atomic E-state index is 12.8. The summed E-state index contributed by atoms with van der Waals surface area (Å²) in [7, 11) is 0. The SMILES string of the molecule is CCOC(=O)c1cc(C)sc1NC(=O)c1c(C)nc2ccc(Br)cn12. The quantitative estimate of drug-likeness (QED) is 0.640. The number of ether oxygens (including phenoxy) is 1. The number of hydrogen-bond acceptors (Lipinski definition) is 5. The molecule has 1 N–H and O–H groups in total. The van der Waals surface area contributed by atoms with E-state index in [0.29, 0.717) is 27.6 Å². The van der Waals surface area contributed by atoms with E-state index in [4.69, 9.17) is 4.74 Å². The zero-order chi connectivity index (χ0) is 18.1. The molecule has 0 fully saturated rings. The van der Waals surface area contributed by atoms with Gasteiger partial charge in [0.1, 0.15) is 16.3 Å². The van der Waals surface area contributed by atoms with E-state index in [2.05, 4.69) is 26.2 Å². The molecule has 3 rings (SSSR count). The van der Waals surface area contributed by atoms with Gasteiger partial charge in [-0.15, -0.1) is 11.3 Å². The van der Waals surface area contributed by atoms with E-state index in [1.807, 2.05) is 19.1 Å². The summed E-state index contributed by atoms with van der Waals surface area (Å²) in [5.41, 5.74) is 2.09. The van der Waals surface area contributed by atoms with Crippen molar-refractivity contribution < 1.29 is 14.3 Å². The lowest BCUT2D eigenvalue weighted by atomic mass is 10.2. The largest absolute Gasteiger partial charge is 0.462 e. The van der Waals surface area contributed by atoms with E-state index < -0.39 is 5.97 Å². The Morgan fingerprint density at radius 3 is 2.84 bits per heavy atom. The number of fused-ring (bicyclic) bond motifs is 1. The number of carbonyl (C=O) groups is 2. The number of rotatable bonds is 4. The summed E-state index contributed by atoms with van der Waals surface area (Å²) in [6.07, 6.45) is 1.79. The molecule has 130 valence electrons. The molecule has 0 aromatic carbocycles. The number of aryl methyl sites for hydroxylation is 2. The van der Waals surface area contributed by atoms with Crippen molar-refractivity contribution in [3.63, 3.8) is 0 Å². The maximum atomic E-state index is 12.8. The van der Waals surface area contributed by atoms with Gasteiger partial charge in [0, 0.05) is 15.5 Å². The van der Waals surface area contributed by atoms with Crippen LogP contribution in [0.1, 0.15) is 38.3 Å². The molecule has 0 bridgehead atoms. The van der Waals surface area contributed by atoms with Gasteiger partial charge in [0.2, 0.25) is 0 Å².